The van der Waals surface area contributed by atoms with Gasteiger partial charge in [-0.3, -0.25) is 0 Å². The van der Waals surface area contributed by atoms with Crippen LogP contribution in [0.2, 0.25) is 0 Å². The largest absolute Gasteiger partial charge is 0.397 e. The molecule has 0 aliphatic carbocycles. The van der Waals surface area contributed by atoms with Gasteiger partial charge in [0, 0.05) is 19.8 Å². The van der Waals surface area contributed by atoms with Gasteiger partial charge < -0.3 is 20.9 Å². The molecule has 1 aromatic carbocycles. The number of rotatable bonds is 6. The number of hydrogen-bond acceptors (Lipinski definition) is 4. The highest BCUT2D eigenvalue weighted by Crippen LogP contribution is 2.27. The Labute approximate surface area is 108 Å². The number of anilines is 2. The summed E-state index contributed by atoms with van der Waals surface area (Å²) in [5.74, 6) is -0.404. The van der Waals surface area contributed by atoms with E-state index in [1.807, 2.05) is 0 Å². The Morgan fingerprint density at radius 3 is 2.88 bits per heavy atom. The Morgan fingerprint density at radius 2 is 2.29 bits per heavy atom. The van der Waals surface area contributed by atoms with Crippen molar-refractivity contribution in [3.8, 4) is 0 Å². The number of benzene rings is 1. The number of halogens is 2. The minimum absolute atomic E-state index is 0.0449. The molecule has 0 amide bonds. The maximum absolute atomic E-state index is 13.2. The highest BCUT2D eigenvalue weighted by atomic mass is 79.9. The molecule has 0 saturated heterocycles. The Morgan fingerprint density at radius 1 is 1.59 bits per heavy atom. The van der Waals surface area contributed by atoms with Crippen molar-refractivity contribution >= 4 is 27.3 Å². The third-order valence-corrected chi connectivity index (χ3v) is 2.91. The molecule has 1 aromatic rings. The topological polar surface area (TPSA) is 67.5 Å². The molecular formula is C11H16BrFN2O2. The number of nitrogens with two attached hydrogens (primary N) is 1. The van der Waals surface area contributed by atoms with Gasteiger partial charge >= 0.3 is 0 Å². The van der Waals surface area contributed by atoms with Crippen molar-refractivity contribution in [2.45, 2.75) is 12.5 Å². The van der Waals surface area contributed by atoms with Gasteiger partial charge in [-0.25, -0.2) is 4.39 Å². The summed E-state index contributed by atoms with van der Waals surface area (Å²) in [6, 6.07) is 2.75. The van der Waals surface area contributed by atoms with E-state index in [9.17, 15) is 4.39 Å². The average molecular weight is 307 g/mol. The normalized spacial score (nSPS) is 12.5. The lowest BCUT2D eigenvalue weighted by molar-refractivity contribution is 0.170. The van der Waals surface area contributed by atoms with Gasteiger partial charge in [0.25, 0.3) is 0 Å². The zero-order valence-corrected chi connectivity index (χ0v) is 11.1. The van der Waals surface area contributed by atoms with Crippen LogP contribution in [0.1, 0.15) is 6.42 Å². The first-order valence-electron chi connectivity index (χ1n) is 5.19. The van der Waals surface area contributed by atoms with Crippen molar-refractivity contribution in [3.63, 3.8) is 0 Å². The molecule has 0 aromatic heterocycles. The Kier molecular flexibility index (Phi) is 5.67. The van der Waals surface area contributed by atoms with Crippen molar-refractivity contribution in [2.75, 3.05) is 31.4 Å². The molecule has 0 fully saturated rings. The summed E-state index contributed by atoms with van der Waals surface area (Å²) in [5.41, 5.74) is 6.65. The fourth-order valence-electron chi connectivity index (χ4n) is 1.46. The van der Waals surface area contributed by atoms with Crippen LogP contribution >= 0.6 is 15.9 Å². The summed E-state index contributed by atoms with van der Waals surface area (Å²) in [7, 11) is 1.58. The van der Waals surface area contributed by atoms with Gasteiger partial charge in [-0.15, -0.1) is 0 Å². The molecular weight excluding hydrogens is 291 g/mol. The number of aliphatic hydroxyl groups excluding tert-OH is 1. The van der Waals surface area contributed by atoms with E-state index in [-0.39, 0.29) is 12.6 Å². The van der Waals surface area contributed by atoms with E-state index in [0.717, 1.165) is 0 Å². The smallest absolute Gasteiger partial charge is 0.139 e. The van der Waals surface area contributed by atoms with Crippen LogP contribution in [0.25, 0.3) is 0 Å². The van der Waals surface area contributed by atoms with Gasteiger partial charge in [0.05, 0.1) is 28.5 Å². The number of nitrogen functional groups attached to an aromatic ring is 1. The molecule has 17 heavy (non-hydrogen) atoms. The number of methoxy groups -OCH3 is 1. The standard InChI is InChI=1S/C11H16BrFN2O2/c1-17-6-7(2-3-16)15-11-4-8(12)9(13)5-10(11)14/h4-5,7,15-16H,2-3,6,14H2,1H3. The molecule has 0 spiro atoms. The Hall–Kier alpha value is -0.850. The lowest BCUT2D eigenvalue weighted by atomic mass is 10.2. The number of nitrogens with one attached hydrogen (secondary N) is 1. The fourth-order valence-corrected chi connectivity index (χ4v) is 1.80. The van der Waals surface area contributed by atoms with Gasteiger partial charge in [0.1, 0.15) is 5.82 Å². The van der Waals surface area contributed by atoms with Gasteiger partial charge in [-0.2, -0.15) is 0 Å². The van der Waals surface area contributed by atoms with E-state index in [1.165, 1.54) is 6.07 Å². The predicted octanol–water partition coefficient (Wildman–Crippen LogP) is 1.98. The van der Waals surface area contributed by atoms with Crippen molar-refractivity contribution in [3.05, 3.63) is 22.4 Å². The van der Waals surface area contributed by atoms with E-state index in [2.05, 4.69) is 21.2 Å². The molecule has 0 bridgehead atoms. The number of ether oxygens (including phenoxy) is 1. The van der Waals surface area contributed by atoms with Crippen molar-refractivity contribution in [1.29, 1.82) is 0 Å². The minimum atomic E-state index is -0.404. The molecule has 4 N–H and O–H groups in total. The first-order valence-corrected chi connectivity index (χ1v) is 5.98. The van der Waals surface area contributed by atoms with E-state index >= 15 is 0 Å². The lowest BCUT2D eigenvalue weighted by Gasteiger charge is -2.19. The maximum atomic E-state index is 13.2. The molecule has 6 heteroatoms. The van der Waals surface area contributed by atoms with Crippen LogP contribution < -0.4 is 11.1 Å². The van der Waals surface area contributed by atoms with Crippen LogP contribution in [0, 0.1) is 5.82 Å². The third-order valence-electron chi connectivity index (χ3n) is 2.30. The Balaban J connectivity index is 2.81. The molecule has 0 radical (unpaired) electrons. The number of hydrogen-bond donors (Lipinski definition) is 3. The molecule has 0 heterocycles. The van der Waals surface area contributed by atoms with Crippen molar-refractivity contribution in [1.82, 2.24) is 0 Å². The average Bonchev–Trinajstić information content (AvgIpc) is 2.26. The van der Waals surface area contributed by atoms with E-state index in [4.69, 9.17) is 15.6 Å². The summed E-state index contributed by atoms with van der Waals surface area (Å²) in [6.45, 7) is 0.484. The van der Waals surface area contributed by atoms with E-state index < -0.39 is 5.82 Å². The molecule has 0 saturated carbocycles. The van der Waals surface area contributed by atoms with E-state index in [1.54, 1.807) is 13.2 Å². The van der Waals surface area contributed by atoms with Crippen LogP contribution in [-0.2, 0) is 4.74 Å². The van der Waals surface area contributed by atoms with Crippen LogP contribution in [0.5, 0.6) is 0 Å². The van der Waals surface area contributed by atoms with Crippen LogP contribution in [-0.4, -0.2) is 31.5 Å². The third kappa shape index (κ3) is 4.14. The molecule has 96 valence electrons. The molecule has 4 nitrogen and oxygen atoms in total. The van der Waals surface area contributed by atoms with Gasteiger partial charge in [-0.05, 0) is 28.4 Å². The zero-order chi connectivity index (χ0) is 12.8. The second kappa shape index (κ2) is 6.78. The second-order valence-electron chi connectivity index (χ2n) is 3.66. The molecule has 0 aliphatic rings. The van der Waals surface area contributed by atoms with Crippen molar-refractivity contribution in [2.24, 2.45) is 0 Å². The van der Waals surface area contributed by atoms with E-state index in [0.29, 0.717) is 28.9 Å². The molecule has 0 aliphatic heterocycles. The first kappa shape index (κ1) is 14.2. The number of aliphatic hydroxyl groups is 1. The second-order valence-corrected chi connectivity index (χ2v) is 4.52. The quantitative estimate of drug-likeness (QED) is 0.703. The summed E-state index contributed by atoms with van der Waals surface area (Å²) in [4.78, 5) is 0. The van der Waals surface area contributed by atoms with Gasteiger partial charge in [-0.1, -0.05) is 0 Å². The van der Waals surface area contributed by atoms with Crippen LogP contribution in [0.3, 0.4) is 0 Å². The monoisotopic (exact) mass is 306 g/mol. The summed E-state index contributed by atoms with van der Waals surface area (Å²) in [5, 5.41) is 12.0. The molecule has 1 atom stereocenters. The van der Waals surface area contributed by atoms with Crippen LogP contribution in [0.15, 0.2) is 16.6 Å². The minimum Gasteiger partial charge on any atom is -0.397 e. The SMILES string of the molecule is COCC(CCO)Nc1cc(Br)c(F)cc1N. The van der Waals surface area contributed by atoms with Crippen molar-refractivity contribution < 1.29 is 14.2 Å². The molecule has 1 rings (SSSR count). The zero-order valence-electron chi connectivity index (χ0n) is 9.54. The van der Waals surface area contributed by atoms with Gasteiger partial charge in [0.15, 0.2) is 0 Å². The first-order chi connectivity index (χ1) is 8.08. The maximum Gasteiger partial charge on any atom is 0.139 e. The Bertz CT molecular complexity index is 371. The predicted molar refractivity (Wildman–Crippen MR) is 69.5 cm³/mol. The summed E-state index contributed by atoms with van der Waals surface area (Å²) >= 11 is 3.10. The lowest BCUT2D eigenvalue weighted by Crippen LogP contribution is -2.26. The summed E-state index contributed by atoms with van der Waals surface area (Å²) in [6.07, 6.45) is 0.530. The van der Waals surface area contributed by atoms with Crippen LogP contribution in [0.4, 0.5) is 15.8 Å². The fraction of sp³-hybridized carbons (Fsp3) is 0.455. The summed E-state index contributed by atoms with van der Waals surface area (Å²) < 4.78 is 18.5. The molecule has 1 unspecified atom stereocenters. The highest BCUT2D eigenvalue weighted by Gasteiger charge is 2.11. The van der Waals surface area contributed by atoms with Gasteiger partial charge in [0.2, 0.25) is 0 Å². The highest BCUT2D eigenvalue weighted by molar-refractivity contribution is 9.10.